The molecule has 1 aromatic carbocycles. The molecule has 1 aliphatic heterocycles. The van der Waals surface area contributed by atoms with Crippen LogP contribution < -0.4 is 15.5 Å². The number of piperazine rings is 1. The second-order valence-electron chi connectivity index (χ2n) is 7.52. The van der Waals surface area contributed by atoms with Crippen LogP contribution in [0.2, 0.25) is 0 Å². The van der Waals surface area contributed by atoms with Crippen LogP contribution in [0.15, 0.2) is 41.5 Å². The van der Waals surface area contributed by atoms with Gasteiger partial charge in [0.2, 0.25) is 0 Å². The van der Waals surface area contributed by atoms with Crippen LogP contribution in [0.5, 0.6) is 0 Å². The molecule has 6 heteroatoms. The van der Waals surface area contributed by atoms with Crippen LogP contribution in [0.3, 0.4) is 0 Å². The Morgan fingerprint density at radius 3 is 2.50 bits per heavy atom. The first-order chi connectivity index (χ1) is 13.5. The Morgan fingerprint density at radius 1 is 1.04 bits per heavy atom. The second-order valence-corrected chi connectivity index (χ2v) is 7.52. The minimum Gasteiger partial charge on any atom is -0.354 e. The van der Waals surface area contributed by atoms with Gasteiger partial charge in [0.1, 0.15) is 5.82 Å². The van der Waals surface area contributed by atoms with E-state index in [0.29, 0.717) is 0 Å². The molecule has 1 aromatic heterocycles. The van der Waals surface area contributed by atoms with Crippen molar-refractivity contribution in [2.24, 2.45) is 4.99 Å². The van der Waals surface area contributed by atoms with Crippen LogP contribution in [-0.2, 0) is 13.1 Å². The van der Waals surface area contributed by atoms with Gasteiger partial charge in [-0.3, -0.25) is 4.99 Å². The van der Waals surface area contributed by atoms with Crippen LogP contribution in [-0.4, -0.2) is 56.1 Å². The first kappa shape index (κ1) is 20.1. The van der Waals surface area contributed by atoms with Crippen molar-refractivity contribution >= 4 is 11.8 Å². The molecule has 0 aliphatic carbocycles. The van der Waals surface area contributed by atoms with E-state index in [1.807, 2.05) is 6.20 Å². The number of guanidine groups is 1. The number of aliphatic imine (C=N–C) groups is 1. The maximum absolute atomic E-state index is 4.56. The lowest BCUT2D eigenvalue weighted by molar-refractivity contribution is 0.312. The molecule has 0 atom stereocenters. The fourth-order valence-electron chi connectivity index (χ4n) is 3.41. The number of nitrogens with one attached hydrogen (secondary N) is 2. The van der Waals surface area contributed by atoms with Gasteiger partial charge in [-0.15, -0.1) is 0 Å². The van der Waals surface area contributed by atoms with Crippen molar-refractivity contribution in [3.05, 3.63) is 58.8 Å². The van der Waals surface area contributed by atoms with E-state index in [9.17, 15) is 0 Å². The minimum absolute atomic E-state index is 0.718. The highest BCUT2D eigenvalue weighted by atomic mass is 15.3. The van der Waals surface area contributed by atoms with Gasteiger partial charge in [-0.05, 0) is 49.7 Å². The topological polar surface area (TPSA) is 55.8 Å². The summed E-state index contributed by atoms with van der Waals surface area (Å²) in [6, 6.07) is 10.8. The second kappa shape index (κ2) is 9.55. The van der Waals surface area contributed by atoms with Crippen molar-refractivity contribution in [3.8, 4) is 0 Å². The lowest BCUT2D eigenvalue weighted by Crippen LogP contribution is -2.44. The summed E-state index contributed by atoms with van der Waals surface area (Å²) in [5.41, 5.74) is 5.08. The zero-order valence-electron chi connectivity index (χ0n) is 17.5. The predicted octanol–water partition coefficient (Wildman–Crippen LogP) is 2.32. The molecule has 150 valence electrons. The van der Waals surface area contributed by atoms with Gasteiger partial charge in [0.15, 0.2) is 5.96 Å². The lowest BCUT2D eigenvalue weighted by atomic mass is 10.1. The third-order valence-corrected chi connectivity index (χ3v) is 5.27. The average molecular weight is 381 g/mol. The zero-order chi connectivity index (χ0) is 19.9. The van der Waals surface area contributed by atoms with Gasteiger partial charge in [0, 0.05) is 52.5 Å². The van der Waals surface area contributed by atoms with Gasteiger partial charge >= 0.3 is 0 Å². The Kier molecular flexibility index (Phi) is 6.87. The van der Waals surface area contributed by atoms with Crippen molar-refractivity contribution in [1.82, 2.24) is 20.5 Å². The number of hydrogen-bond acceptors (Lipinski definition) is 4. The Hall–Kier alpha value is -2.60. The molecule has 1 saturated heterocycles. The highest BCUT2D eigenvalue weighted by Crippen LogP contribution is 2.15. The maximum Gasteiger partial charge on any atom is 0.191 e. The third-order valence-electron chi connectivity index (χ3n) is 5.27. The summed E-state index contributed by atoms with van der Waals surface area (Å²) in [5.74, 6) is 1.86. The number of rotatable bonds is 5. The summed E-state index contributed by atoms with van der Waals surface area (Å²) in [7, 11) is 3.97. The monoisotopic (exact) mass is 380 g/mol. The molecule has 1 fully saturated rings. The normalized spacial score (nSPS) is 15.6. The summed E-state index contributed by atoms with van der Waals surface area (Å²) in [6.07, 6.45) is 1.90. The fraction of sp³-hybridized carbons (Fsp3) is 0.455. The average Bonchev–Trinajstić information content (AvgIpc) is 2.70. The largest absolute Gasteiger partial charge is 0.354 e. The van der Waals surface area contributed by atoms with E-state index in [-0.39, 0.29) is 0 Å². The van der Waals surface area contributed by atoms with Gasteiger partial charge in [-0.25, -0.2) is 4.98 Å². The number of aryl methyl sites for hydroxylation is 2. The van der Waals surface area contributed by atoms with Gasteiger partial charge in [-0.2, -0.15) is 0 Å². The van der Waals surface area contributed by atoms with Crippen molar-refractivity contribution in [2.75, 3.05) is 45.2 Å². The molecule has 2 N–H and O–H groups in total. The quantitative estimate of drug-likeness (QED) is 0.616. The first-order valence-electron chi connectivity index (χ1n) is 9.94. The van der Waals surface area contributed by atoms with E-state index in [2.05, 4.69) is 81.6 Å². The molecular weight excluding hydrogens is 348 g/mol. The van der Waals surface area contributed by atoms with E-state index in [4.69, 9.17) is 0 Å². The van der Waals surface area contributed by atoms with Crippen LogP contribution in [0, 0.1) is 13.8 Å². The Morgan fingerprint density at radius 2 is 1.79 bits per heavy atom. The van der Waals surface area contributed by atoms with Gasteiger partial charge in [0.25, 0.3) is 0 Å². The Bertz CT molecular complexity index is 808. The van der Waals surface area contributed by atoms with Crippen LogP contribution in [0.1, 0.15) is 22.3 Å². The van der Waals surface area contributed by atoms with E-state index in [1.165, 1.54) is 22.3 Å². The van der Waals surface area contributed by atoms with Crippen molar-refractivity contribution in [1.29, 1.82) is 0 Å². The van der Waals surface area contributed by atoms with Crippen molar-refractivity contribution in [3.63, 3.8) is 0 Å². The summed E-state index contributed by atoms with van der Waals surface area (Å²) in [6.45, 7) is 9.97. The number of hydrogen-bond donors (Lipinski definition) is 2. The van der Waals surface area contributed by atoms with Gasteiger partial charge < -0.3 is 20.4 Å². The predicted molar refractivity (Wildman–Crippen MR) is 117 cm³/mol. The molecule has 2 heterocycles. The van der Waals surface area contributed by atoms with Crippen molar-refractivity contribution in [2.45, 2.75) is 26.9 Å². The Labute approximate surface area is 168 Å². The molecule has 0 radical (unpaired) electrons. The third kappa shape index (κ3) is 5.45. The number of aromatic nitrogens is 1. The minimum atomic E-state index is 0.718. The highest BCUT2D eigenvalue weighted by Gasteiger charge is 2.15. The molecule has 0 unspecified atom stereocenters. The van der Waals surface area contributed by atoms with Crippen LogP contribution in [0.4, 0.5) is 5.82 Å². The van der Waals surface area contributed by atoms with Gasteiger partial charge in [0.05, 0.1) is 0 Å². The number of nitrogens with zero attached hydrogens (tertiary/aromatic N) is 4. The van der Waals surface area contributed by atoms with Crippen LogP contribution in [0.25, 0.3) is 0 Å². The summed E-state index contributed by atoms with van der Waals surface area (Å²) in [4.78, 5) is 13.6. The van der Waals surface area contributed by atoms with Gasteiger partial charge in [-0.1, -0.05) is 23.8 Å². The molecule has 6 nitrogen and oxygen atoms in total. The molecule has 3 rings (SSSR count). The molecule has 2 aromatic rings. The first-order valence-corrected chi connectivity index (χ1v) is 9.94. The number of anilines is 1. The summed E-state index contributed by atoms with van der Waals surface area (Å²) in [5, 5.41) is 6.81. The number of pyridine rings is 1. The highest BCUT2D eigenvalue weighted by molar-refractivity contribution is 5.79. The number of likely N-dealkylation sites (N-methyl/N-ethyl adjacent to an activating group) is 1. The van der Waals surface area contributed by atoms with E-state index < -0.39 is 0 Å². The molecule has 1 aliphatic rings. The molecule has 0 amide bonds. The maximum atomic E-state index is 4.56. The smallest absolute Gasteiger partial charge is 0.191 e. The fourth-order valence-corrected chi connectivity index (χ4v) is 3.41. The SMILES string of the molecule is CN=C(NCc1ccnc(N2CCN(C)CC2)c1)NCc1ccc(C)cc1C. The van der Waals surface area contributed by atoms with Crippen molar-refractivity contribution < 1.29 is 0 Å². The van der Waals surface area contributed by atoms with E-state index in [0.717, 1.165) is 51.0 Å². The Balaban J connectivity index is 1.54. The standard InChI is InChI=1S/C22H32N6/c1-17-5-6-20(18(2)13-17)16-26-22(23-3)25-15-19-7-8-24-21(14-19)28-11-9-27(4)10-12-28/h5-8,13-14H,9-12,15-16H2,1-4H3,(H2,23,25,26). The molecule has 0 saturated carbocycles. The van der Waals surface area contributed by atoms with E-state index in [1.54, 1.807) is 7.05 Å². The zero-order valence-corrected chi connectivity index (χ0v) is 17.5. The summed E-state index contributed by atoms with van der Waals surface area (Å²) < 4.78 is 0. The van der Waals surface area contributed by atoms with Crippen LogP contribution >= 0.6 is 0 Å². The van der Waals surface area contributed by atoms with E-state index >= 15 is 0 Å². The molecule has 0 spiro atoms. The molecular formula is C22H32N6. The lowest BCUT2D eigenvalue weighted by Gasteiger charge is -2.33. The number of benzene rings is 1. The summed E-state index contributed by atoms with van der Waals surface area (Å²) >= 11 is 0. The molecule has 28 heavy (non-hydrogen) atoms. The molecule has 0 bridgehead atoms.